The van der Waals surface area contributed by atoms with Gasteiger partial charge in [0.15, 0.2) is 5.76 Å². The molecule has 0 heterocycles. The Morgan fingerprint density at radius 1 is 1.27 bits per heavy atom. The first-order valence-electron chi connectivity index (χ1n) is 9.56. The molecule has 0 radical (unpaired) electrons. The van der Waals surface area contributed by atoms with E-state index in [4.69, 9.17) is 4.74 Å². The Balaban J connectivity index is 1.70. The third kappa shape index (κ3) is 2.29. The minimum atomic E-state index is -0.497. The lowest BCUT2D eigenvalue weighted by molar-refractivity contribution is -0.145. The van der Waals surface area contributed by atoms with E-state index in [-0.39, 0.29) is 40.6 Å². The molecule has 5 heteroatoms. The van der Waals surface area contributed by atoms with Crippen LogP contribution in [0.25, 0.3) is 0 Å². The average molecular weight is 360 g/mol. The summed E-state index contributed by atoms with van der Waals surface area (Å²) in [4.78, 5) is 11.5. The van der Waals surface area contributed by atoms with Crippen LogP contribution in [-0.2, 0) is 9.53 Å². The van der Waals surface area contributed by atoms with Crippen LogP contribution in [0.5, 0.6) is 0 Å². The fourth-order valence-corrected chi connectivity index (χ4v) is 6.36. The maximum atomic E-state index is 11.5. The highest BCUT2D eigenvalue weighted by molar-refractivity contribution is 5.67. The van der Waals surface area contributed by atoms with Crippen molar-refractivity contribution in [3.05, 3.63) is 35.5 Å². The quantitative estimate of drug-likeness (QED) is 0.620. The molecule has 26 heavy (non-hydrogen) atoms. The Labute approximate surface area is 154 Å². The van der Waals surface area contributed by atoms with E-state index in [1.165, 1.54) is 6.92 Å². The van der Waals surface area contributed by atoms with Gasteiger partial charge in [0.25, 0.3) is 0 Å². The largest absolute Gasteiger partial charge is 0.509 e. The Bertz CT molecular complexity index is 735. The third-order valence-corrected chi connectivity index (χ3v) is 7.68. The number of hydrogen-bond acceptors (Lipinski definition) is 5. The van der Waals surface area contributed by atoms with Gasteiger partial charge in [0.1, 0.15) is 11.5 Å². The molecule has 4 rings (SSSR count). The van der Waals surface area contributed by atoms with Crippen molar-refractivity contribution in [3.63, 3.8) is 0 Å². The van der Waals surface area contributed by atoms with Crippen LogP contribution in [0.15, 0.2) is 35.5 Å². The van der Waals surface area contributed by atoms with Gasteiger partial charge in [0.2, 0.25) is 0 Å². The number of allylic oxidation sites excluding steroid dienone is 5. The lowest BCUT2D eigenvalue weighted by atomic mass is 9.46. The molecule has 4 aliphatic carbocycles. The van der Waals surface area contributed by atoms with E-state index >= 15 is 0 Å². The maximum Gasteiger partial charge on any atom is 0.307 e. The zero-order chi connectivity index (χ0) is 18.9. The first-order chi connectivity index (χ1) is 12.2. The smallest absolute Gasteiger partial charge is 0.307 e. The summed E-state index contributed by atoms with van der Waals surface area (Å²) in [7, 11) is 0. The molecule has 0 aliphatic heterocycles. The number of carbonyl (C=O) groups excluding carboxylic acids is 1. The molecular formula is C21H28O5. The Morgan fingerprint density at radius 3 is 2.69 bits per heavy atom. The predicted molar refractivity (Wildman–Crippen MR) is 95.9 cm³/mol. The fourth-order valence-electron chi connectivity index (χ4n) is 6.36. The minimum Gasteiger partial charge on any atom is -0.509 e. The molecule has 4 unspecified atom stereocenters. The molecule has 0 amide bonds. The summed E-state index contributed by atoms with van der Waals surface area (Å²) in [6.45, 7) is 5.63. The zero-order valence-corrected chi connectivity index (χ0v) is 15.6. The number of carbonyl (C=O) groups is 1. The number of aliphatic hydroxyl groups excluding tert-OH is 3. The summed E-state index contributed by atoms with van der Waals surface area (Å²) in [5.41, 5.74) is -0.533. The van der Waals surface area contributed by atoms with Gasteiger partial charge in [-0.3, -0.25) is 4.79 Å². The Morgan fingerprint density at radius 2 is 2.00 bits per heavy atom. The van der Waals surface area contributed by atoms with Crippen molar-refractivity contribution in [2.24, 2.45) is 34.5 Å². The molecule has 4 aliphatic rings. The van der Waals surface area contributed by atoms with Gasteiger partial charge in [-0.05, 0) is 60.5 Å². The topological polar surface area (TPSA) is 87.0 Å². The number of rotatable bonds is 1. The first kappa shape index (κ1) is 17.7. The van der Waals surface area contributed by atoms with Gasteiger partial charge in [-0.2, -0.15) is 0 Å². The average Bonchev–Trinajstić information content (AvgIpc) is 2.80. The second kappa shape index (κ2) is 5.62. The molecule has 0 aromatic carbocycles. The van der Waals surface area contributed by atoms with E-state index < -0.39 is 17.5 Å². The second-order valence-corrected chi connectivity index (χ2v) is 9.02. The molecule has 2 fully saturated rings. The van der Waals surface area contributed by atoms with Crippen LogP contribution >= 0.6 is 0 Å². The number of ether oxygens (including phenoxy) is 1. The van der Waals surface area contributed by atoms with Crippen molar-refractivity contribution >= 4 is 5.97 Å². The van der Waals surface area contributed by atoms with E-state index in [9.17, 15) is 20.1 Å². The lowest BCUT2D eigenvalue weighted by Crippen LogP contribution is -2.56. The fraction of sp³-hybridized carbons (Fsp3) is 0.667. The highest BCUT2D eigenvalue weighted by Gasteiger charge is 2.62. The molecular weight excluding hydrogens is 332 g/mol. The monoisotopic (exact) mass is 360 g/mol. The molecule has 0 saturated heterocycles. The highest BCUT2D eigenvalue weighted by atomic mass is 16.5. The van der Waals surface area contributed by atoms with Gasteiger partial charge in [-0.1, -0.05) is 19.9 Å². The number of esters is 1. The molecule has 0 spiro atoms. The van der Waals surface area contributed by atoms with Gasteiger partial charge >= 0.3 is 5.97 Å². The summed E-state index contributed by atoms with van der Waals surface area (Å²) in [6, 6.07) is 0. The molecule has 5 nitrogen and oxygen atoms in total. The van der Waals surface area contributed by atoms with Crippen molar-refractivity contribution in [3.8, 4) is 0 Å². The SMILES string of the molecule is CC(=O)OC1=C(O)CC2C3C(O)C[C@H]4C=C(O)C=C[C@]4(C)C3CC[C@]12C. The molecule has 0 bridgehead atoms. The van der Waals surface area contributed by atoms with Gasteiger partial charge < -0.3 is 20.1 Å². The van der Waals surface area contributed by atoms with Crippen LogP contribution in [0.1, 0.15) is 46.5 Å². The van der Waals surface area contributed by atoms with Gasteiger partial charge in [0.05, 0.1) is 6.10 Å². The van der Waals surface area contributed by atoms with Crippen molar-refractivity contribution in [1.29, 1.82) is 0 Å². The Kier molecular flexibility index (Phi) is 3.82. The molecule has 3 N–H and O–H groups in total. The normalized spacial score (nSPS) is 46.9. The van der Waals surface area contributed by atoms with E-state index in [2.05, 4.69) is 19.9 Å². The summed E-state index contributed by atoms with van der Waals surface area (Å²) >= 11 is 0. The van der Waals surface area contributed by atoms with E-state index in [1.54, 1.807) is 6.08 Å². The van der Waals surface area contributed by atoms with Crippen molar-refractivity contribution in [2.75, 3.05) is 0 Å². The molecule has 7 atom stereocenters. The van der Waals surface area contributed by atoms with Gasteiger partial charge in [-0.25, -0.2) is 0 Å². The number of aliphatic hydroxyl groups is 3. The third-order valence-electron chi connectivity index (χ3n) is 7.68. The molecule has 142 valence electrons. The summed E-state index contributed by atoms with van der Waals surface area (Å²) in [5.74, 6) is 0.885. The van der Waals surface area contributed by atoms with E-state index in [1.807, 2.05) is 6.08 Å². The number of fused-ring (bicyclic) bond motifs is 5. The first-order valence-corrected chi connectivity index (χ1v) is 9.56. The molecule has 2 saturated carbocycles. The van der Waals surface area contributed by atoms with Crippen molar-refractivity contribution in [2.45, 2.75) is 52.6 Å². The van der Waals surface area contributed by atoms with E-state index in [0.717, 1.165) is 12.8 Å². The Hall–Kier alpha value is -1.75. The predicted octanol–water partition coefficient (Wildman–Crippen LogP) is 3.77. The standard InChI is InChI=1S/C21H28O5/c1-11(22)26-19-17(25)10-15-18-14(5-7-21(15,19)3)20(2)6-4-13(23)8-12(20)9-16(18)24/h4,6,8,12,14-16,18,23-25H,5,7,9-10H2,1-3H3/t12-,14?,15?,16?,18?,20+,21+/m1/s1. The van der Waals surface area contributed by atoms with Crippen LogP contribution in [0.3, 0.4) is 0 Å². The van der Waals surface area contributed by atoms with Gasteiger partial charge in [-0.15, -0.1) is 0 Å². The van der Waals surface area contributed by atoms with Gasteiger partial charge in [0, 0.05) is 18.8 Å². The van der Waals surface area contributed by atoms with Crippen LogP contribution in [0.2, 0.25) is 0 Å². The highest BCUT2D eigenvalue weighted by Crippen LogP contribution is 2.65. The van der Waals surface area contributed by atoms with Crippen LogP contribution in [-0.4, -0.2) is 27.4 Å². The minimum absolute atomic E-state index is 0.0310. The maximum absolute atomic E-state index is 11.5. The summed E-state index contributed by atoms with van der Waals surface area (Å²) < 4.78 is 5.41. The van der Waals surface area contributed by atoms with Crippen molar-refractivity contribution in [1.82, 2.24) is 0 Å². The van der Waals surface area contributed by atoms with Crippen LogP contribution in [0.4, 0.5) is 0 Å². The molecule has 0 aromatic heterocycles. The zero-order valence-electron chi connectivity index (χ0n) is 15.6. The van der Waals surface area contributed by atoms with E-state index in [0.29, 0.717) is 18.6 Å². The lowest BCUT2D eigenvalue weighted by Gasteiger charge is -2.59. The summed E-state index contributed by atoms with van der Waals surface area (Å²) in [6.07, 6.45) is 8.00. The number of hydrogen-bond donors (Lipinski definition) is 3. The molecule has 0 aromatic rings. The van der Waals surface area contributed by atoms with Crippen molar-refractivity contribution < 1.29 is 24.9 Å². The summed E-state index contributed by atoms with van der Waals surface area (Å²) in [5, 5.41) is 31.4. The van der Waals surface area contributed by atoms with Crippen LogP contribution < -0.4 is 0 Å². The van der Waals surface area contributed by atoms with Crippen LogP contribution in [0, 0.1) is 34.5 Å². The second-order valence-electron chi connectivity index (χ2n) is 9.02.